The maximum Gasteiger partial charge on any atom is 0.335 e. The lowest BCUT2D eigenvalue weighted by Gasteiger charge is -2.31. The molecule has 0 aliphatic heterocycles. The van der Waals surface area contributed by atoms with Crippen molar-refractivity contribution in [3.8, 4) is 0 Å². The molecule has 2 atom stereocenters. The number of hydrogen-bond donors (Lipinski definition) is 0. The van der Waals surface area contributed by atoms with E-state index < -0.39 is 23.6 Å². The molecule has 0 saturated heterocycles. The number of ether oxygens (including phenoxy) is 2. The predicted octanol–water partition coefficient (Wildman–Crippen LogP) is 4.30. The summed E-state index contributed by atoms with van der Waals surface area (Å²) >= 11 is 0. The number of carbonyl (C=O) groups excluding carboxylic acids is 2. The van der Waals surface area contributed by atoms with Crippen LogP contribution in [-0.2, 0) is 19.1 Å². The Bertz CT molecular complexity index is 367. The van der Waals surface area contributed by atoms with E-state index in [0.29, 0.717) is 0 Å². The molecule has 0 heterocycles. The predicted molar refractivity (Wildman–Crippen MR) is 88.8 cm³/mol. The summed E-state index contributed by atoms with van der Waals surface area (Å²) in [6.07, 6.45) is 1.70. The number of hydrogen-bond acceptors (Lipinski definition) is 4. The van der Waals surface area contributed by atoms with Gasteiger partial charge in [0, 0.05) is 5.41 Å². The second-order valence-corrected chi connectivity index (χ2v) is 6.63. The maximum absolute atomic E-state index is 12.5. The van der Waals surface area contributed by atoms with Gasteiger partial charge in [-0.3, -0.25) is 4.79 Å². The highest BCUT2D eigenvalue weighted by molar-refractivity contribution is 5.90. The highest BCUT2D eigenvalue weighted by Crippen LogP contribution is 2.29. The maximum atomic E-state index is 12.5. The highest BCUT2D eigenvalue weighted by Gasteiger charge is 2.36. The topological polar surface area (TPSA) is 52.6 Å². The average molecular weight is 314 g/mol. The van der Waals surface area contributed by atoms with E-state index in [1.807, 2.05) is 41.5 Å². The first kappa shape index (κ1) is 21.1. The molecule has 22 heavy (non-hydrogen) atoms. The molecule has 0 spiro atoms. The Kier molecular flexibility index (Phi) is 8.30. The summed E-state index contributed by atoms with van der Waals surface area (Å²) in [5.74, 6) is -0.490. The van der Waals surface area contributed by atoms with Gasteiger partial charge in [-0.25, -0.2) is 4.79 Å². The zero-order chi connectivity index (χ0) is 17.6. The Morgan fingerprint density at radius 2 is 1.32 bits per heavy atom. The molecule has 0 radical (unpaired) electrons. The molecular weight excluding hydrogens is 280 g/mol. The molecule has 4 nitrogen and oxygen atoms in total. The second kappa shape index (κ2) is 8.66. The second-order valence-electron chi connectivity index (χ2n) is 6.63. The summed E-state index contributed by atoms with van der Waals surface area (Å²) in [4.78, 5) is 24.6. The van der Waals surface area contributed by atoms with Gasteiger partial charge in [0.15, 0.2) is 18.0 Å². The van der Waals surface area contributed by atoms with Crippen molar-refractivity contribution in [3.05, 3.63) is 0 Å². The van der Waals surface area contributed by atoms with Gasteiger partial charge >= 0.3 is 5.97 Å². The first-order chi connectivity index (χ1) is 10.1. The summed E-state index contributed by atoms with van der Waals surface area (Å²) in [6.45, 7) is 15.3. The normalized spacial score (nSPS) is 15.3. The molecule has 0 aromatic carbocycles. The SMILES string of the molecule is CCC(C)(CC)OC(C)C(=O)OC(C)C(=O)C(C)(CC)CC. The zero-order valence-electron chi connectivity index (χ0n) is 15.6. The number of carbonyl (C=O) groups is 2. The average Bonchev–Trinajstić information content (AvgIpc) is 2.52. The molecule has 2 unspecified atom stereocenters. The van der Waals surface area contributed by atoms with Crippen molar-refractivity contribution in [2.75, 3.05) is 0 Å². The summed E-state index contributed by atoms with van der Waals surface area (Å²) in [5, 5.41) is 0. The molecule has 0 aromatic rings. The van der Waals surface area contributed by atoms with E-state index in [9.17, 15) is 9.59 Å². The van der Waals surface area contributed by atoms with E-state index in [4.69, 9.17) is 9.47 Å². The summed E-state index contributed by atoms with van der Waals surface area (Å²) < 4.78 is 11.2. The van der Waals surface area contributed by atoms with E-state index in [1.165, 1.54) is 0 Å². The minimum atomic E-state index is -0.738. The van der Waals surface area contributed by atoms with Crippen molar-refractivity contribution < 1.29 is 19.1 Å². The lowest BCUT2D eigenvalue weighted by molar-refractivity contribution is -0.176. The quantitative estimate of drug-likeness (QED) is 0.564. The highest BCUT2D eigenvalue weighted by atomic mass is 16.6. The number of Topliss-reactive ketones (excluding diaryl/α,β-unsaturated/α-hetero) is 1. The molecule has 0 fully saturated rings. The van der Waals surface area contributed by atoms with Crippen molar-refractivity contribution in [2.24, 2.45) is 5.41 Å². The summed E-state index contributed by atoms with van der Waals surface area (Å²) in [5.41, 5.74) is -0.780. The number of rotatable bonds is 10. The largest absolute Gasteiger partial charge is 0.453 e. The number of esters is 1. The standard InChI is InChI=1S/C18H34O4/c1-9-17(7,10-2)15(19)13(5)21-16(20)14(6)22-18(8,11-3)12-4/h13-14H,9-12H2,1-8H3. The van der Waals surface area contributed by atoms with Crippen LogP contribution in [0.15, 0.2) is 0 Å². The number of ketones is 1. The van der Waals surface area contributed by atoms with Gasteiger partial charge in [-0.1, -0.05) is 34.6 Å². The third kappa shape index (κ3) is 5.38. The summed E-state index contributed by atoms with van der Waals surface area (Å²) in [6, 6.07) is 0. The first-order valence-electron chi connectivity index (χ1n) is 8.51. The lowest BCUT2D eigenvalue weighted by Crippen LogP contribution is -2.41. The van der Waals surface area contributed by atoms with Crippen LogP contribution in [0.1, 0.15) is 81.1 Å². The Balaban J connectivity index is 4.75. The Morgan fingerprint density at radius 3 is 1.68 bits per heavy atom. The van der Waals surface area contributed by atoms with Crippen molar-refractivity contribution in [2.45, 2.75) is 98.9 Å². The Labute approximate surface area is 135 Å². The lowest BCUT2D eigenvalue weighted by atomic mass is 9.78. The monoisotopic (exact) mass is 314 g/mol. The molecule has 0 saturated carbocycles. The van der Waals surface area contributed by atoms with Gasteiger partial charge in [0.2, 0.25) is 0 Å². The smallest absolute Gasteiger partial charge is 0.335 e. The molecule has 0 aliphatic rings. The van der Waals surface area contributed by atoms with Crippen molar-refractivity contribution in [1.82, 2.24) is 0 Å². The van der Waals surface area contributed by atoms with Gasteiger partial charge in [-0.15, -0.1) is 0 Å². The third-order valence-corrected chi connectivity index (χ3v) is 5.11. The molecule has 0 rings (SSSR count). The van der Waals surface area contributed by atoms with E-state index >= 15 is 0 Å². The molecule has 4 heteroatoms. The molecule has 0 aromatic heterocycles. The minimum absolute atomic E-state index is 0.0215. The third-order valence-electron chi connectivity index (χ3n) is 5.11. The molecule has 0 N–H and O–H groups in total. The van der Waals surface area contributed by atoms with Gasteiger partial charge in [-0.05, 0) is 46.5 Å². The van der Waals surface area contributed by atoms with Gasteiger partial charge in [0.05, 0.1) is 5.60 Å². The van der Waals surface area contributed by atoms with E-state index in [1.54, 1.807) is 13.8 Å². The van der Waals surface area contributed by atoms with E-state index in [2.05, 4.69) is 0 Å². The molecule has 0 amide bonds. The first-order valence-corrected chi connectivity index (χ1v) is 8.51. The van der Waals surface area contributed by atoms with Crippen LogP contribution in [0.5, 0.6) is 0 Å². The minimum Gasteiger partial charge on any atom is -0.453 e. The van der Waals surface area contributed by atoms with Crippen LogP contribution in [0.2, 0.25) is 0 Å². The van der Waals surface area contributed by atoms with Crippen LogP contribution in [-0.4, -0.2) is 29.6 Å². The zero-order valence-corrected chi connectivity index (χ0v) is 15.6. The van der Waals surface area contributed by atoms with E-state index in [-0.39, 0.29) is 11.4 Å². The van der Waals surface area contributed by atoms with Crippen LogP contribution < -0.4 is 0 Å². The van der Waals surface area contributed by atoms with Crippen LogP contribution >= 0.6 is 0 Å². The van der Waals surface area contributed by atoms with E-state index in [0.717, 1.165) is 25.7 Å². The van der Waals surface area contributed by atoms with Gasteiger partial charge in [-0.2, -0.15) is 0 Å². The van der Waals surface area contributed by atoms with Crippen LogP contribution in [0.4, 0.5) is 0 Å². The molecule has 0 bridgehead atoms. The van der Waals surface area contributed by atoms with Crippen molar-refractivity contribution >= 4 is 11.8 Å². The van der Waals surface area contributed by atoms with Gasteiger partial charge in [0.1, 0.15) is 0 Å². The summed E-state index contributed by atoms with van der Waals surface area (Å²) in [7, 11) is 0. The van der Waals surface area contributed by atoms with Crippen LogP contribution in [0, 0.1) is 5.41 Å². The van der Waals surface area contributed by atoms with Crippen molar-refractivity contribution in [3.63, 3.8) is 0 Å². The fourth-order valence-corrected chi connectivity index (χ4v) is 2.30. The Morgan fingerprint density at radius 1 is 0.864 bits per heavy atom. The van der Waals surface area contributed by atoms with Crippen LogP contribution in [0.3, 0.4) is 0 Å². The van der Waals surface area contributed by atoms with Gasteiger partial charge in [0.25, 0.3) is 0 Å². The molecule has 0 aliphatic carbocycles. The van der Waals surface area contributed by atoms with Crippen LogP contribution in [0.25, 0.3) is 0 Å². The fourth-order valence-electron chi connectivity index (χ4n) is 2.30. The van der Waals surface area contributed by atoms with Gasteiger partial charge < -0.3 is 9.47 Å². The van der Waals surface area contributed by atoms with Crippen molar-refractivity contribution in [1.29, 1.82) is 0 Å². The molecule has 130 valence electrons. The fraction of sp³-hybridized carbons (Fsp3) is 0.889. The molecular formula is C18H34O4. The Hall–Kier alpha value is -0.900.